The number of rotatable bonds is 9. The maximum absolute atomic E-state index is 13.4. The van der Waals surface area contributed by atoms with Crippen molar-refractivity contribution < 1.29 is 18.8 Å². The van der Waals surface area contributed by atoms with Gasteiger partial charge in [-0.1, -0.05) is 12.1 Å². The molecule has 0 aromatic heterocycles. The maximum Gasteiger partial charge on any atom is 0.269 e. The molecule has 3 rings (SSSR count). The lowest BCUT2D eigenvalue weighted by atomic mass is 10.2. The van der Waals surface area contributed by atoms with Crippen LogP contribution in [-0.2, 0) is 13.2 Å². The number of nitro benzene ring substituents is 1. The molecule has 0 fully saturated rings. The summed E-state index contributed by atoms with van der Waals surface area (Å²) in [4.78, 5) is 10.3. The molecular formula is C22H20FIN2O4. The van der Waals surface area contributed by atoms with Crippen molar-refractivity contribution in [2.24, 2.45) is 0 Å². The number of nitro groups is 1. The van der Waals surface area contributed by atoms with Gasteiger partial charge < -0.3 is 14.8 Å². The third kappa shape index (κ3) is 5.82. The molecule has 0 saturated heterocycles. The van der Waals surface area contributed by atoms with Crippen LogP contribution in [0.2, 0.25) is 0 Å². The summed E-state index contributed by atoms with van der Waals surface area (Å²) < 4.78 is 25.9. The molecule has 0 aliphatic carbocycles. The van der Waals surface area contributed by atoms with E-state index in [0.717, 1.165) is 20.4 Å². The molecular weight excluding hydrogens is 502 g/mol. The second-order valence-corrected chi connectivity index (χ2v) is 7.58. The molecule has 0 saturated carbocycles. The second kappa shape index (κ2) is 10.2. The number of nitrogens with zero attached hydrogens (tertiary/aromatic N) is 1. The molecule has 0 radical (unpaired) electrons. The van der Waals surface area contributed by atoms with Gasteiger partial charge in [-0.15, -0.1) is 0 Å². The van der Waals surface area contributed by atoms with Gasteiger partial charge in [0, 0.05) is 24.4 Å². The van der Waals surface area contributed by atoms with Gasteiger partial charge in [-0.3, -0.25) is 10.1 Å². The van der Waals surface area contributed by atoms with Crippen molar-refractivity contribution in [1.82, 2.24) is 0 Å². The average Bonchev–Trinajstić information content (AvgIpc) is 2.72. The van der Waals surface area contributed by atoms with Crippen LogP contribution in [0.4, 0.5) is 15.8 Å². The zero-order valence-corrected chi connectivity index (χ0v) is 18.4. The van der Waals surface area contributed by atoms with Crippen LogP contribution in [0.1, 0.15) is 18.1 Å². The number of ether oxygens (including phenoxy) is 2. The van der Waals surface area contributed by atoms with Gasteiger partial charge in [-0.05, 0) is 77.0 Å². The fourth-order valence-electron chi connectivity index (χ4n) is 2.81. The quantitative estimate of drug-likeness (QED) is 0.214. The van der Waals surface area contributed by atoms with Crippen LogP contribution in [0, 0.1) is 19.5 Å². The SMILES string of the molecule is CCOc1cc(CNc2ccc([N+](=O)[O-])cc2)cc(I)c1OCc1cccc(F)c1. The van der Waals surface area contributed by atoms with Crippen LogP contribution >= 0.6 is 22.6 Å². The minimum atomic E-state index is -0.428. The zero-order chi connectivity index (χ0) is 21.5. The smallest absolute Gasteiger partial charge is 0.269 e. The van der Waals surface area contributed by atoms with Crippen molar-refractivity contribution in [2.75, 3.05) is 11.9 Å². The van der Waals surface area contributed by atoms with Crippen LogP contribution in [-0.4, -0.2) is 11.5 Å². The van der Waals surface area contributed by atoms with E-state index in [0.29, 0.717) is 24.7 Å². The molecule has 156 valence electrons. The summed E-state index contributed by atoms with van der Waals surface area (Å²) >= 11 is 2.18. The molecule has 1 N–H and O–H groups in total. The monoisotopic (exact) mass is 522 g/mol. The molecule has 0 unspecified atom stereocenters. The van der Waals surface area contributed by atoms with Crippen molar-refractivity contribution >= 4 is 34.0 Å². The van der Waals surface area contributed by atoms with Crippen molar-refractivity contribution in [3.63, 3.8) is 0 Å². The Morgan fingerprint density at radius 2 is 1.83 bits per heavy atom. The van der Waals surface area contributed by atoms with E-state index in [1.807, 2.05) is 19.1 Å². The summed E-state index contributed by atoms with van der Waals surface area (Å²) in [7, 11) is 0. The minimum Gasteiger partial charge on any atom is -0.490 e. The largest absolute Gasteiger partial charge is 0.490 e. The third-order valence-corrected chi connectivity index (χ3v) is 5.02. The van der Waals surface area contributed by atoms with Gasteiger partial charge in [0.25, 0.3) is 5.69 Å². The van der Waals surface area contributed by atoms with Crippen LogP contribution in [0.3, 0.4) is 0 Å². The summed E-state index contributed by atoms with van der Waals surface area (Å²) in [5, 5.41) is 14.0. The molecule has 0 aliphatic rings. The van der Waals surface area contributed by atoms with E-state index >= 15 is 0 Å². The fourth-order valence-corrected chi connectivity index (χ4v) is 3.64. The van der Waals surface area contributed by atoms with Gasteiger partial charge in [-0.25, -0.2) is 4.39 Å². The lowest BCUT2D eigenvalue weighted by Crippen LogP contribution is -2.05. The molecule has 6 nitrogen and oxygen atoms in total. The van der Waals surface area contributed by atoms with Crippen molar-refractivity contribution in [3.05, 3.63) is 91.3 Å². The van der Waals surface area contributed by atoms with Crippen LogP contribution in [0.5, 0.6) is 11.5 Å². The first-order valence-electron chi connectivity index (χ1n) is 9.27. The Kier molecular flexibility index (Phi) is 7.45. The molecule has 0 amide bonds. The number of nitrogens with one attached hydrogen (secondary N) is 1. The summed E-state index contributed by atoms with van der Waals surface area (Å²) in [5.41, 5.74) is 2.53. The Morgan fingerprint density at radius 1 is 1.07 bits per heavy atom. The molecule has 3 aromatic rings. The van der Waals surface area contributed by atoms with Crippen LogP contribution in [0.25, 0.3) is 0 Å². The highest BCUT2D eigenvalue weighted by atomic mass is 127. The van der Waals surface area contributed by atoms with E-state index in [4.69, 9.17) is 9.47 Å². The molecule has 8 heteroatoms. The number of hydrogen-bond acceptors (Lipinski definition) is 5. The van der Waals surface area contributed by atoms with E-state index in [2.05, 4.69) is 27.9 Å². The maximum atomic E-state index is 13.4. The standard InChI is InChI=1S/C22H20FIN2O4/c1-2-29-21-12-16(13-25-18-6-8-19(9-7-18)26(27)28)11-20(24)22(21)30-14-15-4-3-5-17(23)10-15/h3-12,25H,2,13-14H2,1H3. The van der Waals surface area contributed by atoms with Gasteiger partial charge in [-0.2, -0.15) is 0 Å². The lowest BCUT2D eigenvalue weighted by Gasteiger charge is -2.16. The van der Waals surface area contributed by atoms with E-state index in [9.17, 15) is 14.5 Å². The Morgan fingerprint density at radius 3 is 2.50 bits per heavy atom. The molecule has 0 spiro atoms. The van der Waals surface area contributed by atoms with Crippen molar-refractivity contribution in [2.45, 2.75) is 20.1 Å². The van der Waals surface area contributed by atoms with Gasteiger partial charge >= 0.3 is 0 Å². The zero-order valence-electron chi connectivity index (χ0n) is 16.2. The average molecular weight is 522 g/mol. The van der Waals surface area contributed by atoms with E-state index in [-0.39, 0.29) is 18.1 Å². The molecule has 30 heavy (non-hydrogen) atoms. The topological polar surface area (TPSA) is 73.6 Å². The summed E-state index contributed by atoms with van der Waals surface area (Å²) in [6.07, 6.45) is 0. The van der Waals surface area contributed by atoms with E-state index < -0.39 is 4.92 Å². The number of hydrogen-bond donors (Lipinski definition) is 1. The predicted octanol–water partition coefficient (Wildman–Crippen LogP) is 5.93. The Labute approximate surface area is 187 Å². The van der Waals surface area contributed by atoms with E-state index in [1.54, 1.807) is 24.3 Å². The predicted molar refractivity (Wildman–Crippen MR) is 121 cm³/mol. The number of anilines is 1. The lowest BCUT2D eigenvalue weighted by molar-refractivity contribution is -0.384. The summed E-state index contributed by atoms with van der Waals surface area (Å²) in [6.45, 7) is 3.11. The summed E-state index contributed by atoms with van der Waals surface area (Å²) in [6, 6.07) is 16.4. The Hall–Kier alpha value is -2.88. The Bertz CT molecular complexity index is 1030. The second-order valence-electron chi connectivity index (χ2n) is 6.41. The number of halogens is 2. The molecule has 0 heterocycles. The normalized spacial score (nSPS) is 10.5. The first-order chi connectivity index (χ1) is 14.5. The van der Waals surface area contributed by atoms with Gasteiger partial charge in [0.05, 0.1) is 15.1 Å². The van der Waals surface area contributed by atoms with E-state index in [1.165, 1.54) is 24.3 Å². The van der Waals surface area contributed by atoms with Crippen LogP contribution < -0.4 is 14.8 Å². The molecule has 0 atom stereocenters. The first-order valence-corrected chi connectivity index (χ1v) is 10.3. The highest BCUT2D eigenvalue weighted by Crippen LogP contribution is 2.35. The van der Waals surface area contributed by atoms with Gasteiger partial charge in [0.2, 0.25) is 0 Å². The highest BCUT2D eigenvalue weighted by molar-refractivity contribution is 14.1. The summed E-state index contributed by atoms with van der Waals surface area (Å²) in [5.74, 6) is 0.922. The number of non-ortho nitro benzene ring substituents is 1. The Balaban J connectivity index is 1.72. The number of benzene rings is 3. The third-order valence-electron chi connectivity index (χ3n) is 4.22. The first kappa shape index (κ1) is 21.8. The minimum absolute atomic E-state index is 0.0496. The fraction of sp³-hybridized carbons (Fsp3) is 0.182. The molecule has 0 bridgehead atoms. The van der Waals surface area contributed by atoms with Gasteiger partial charge in [0.15, 0.2) is 11.5 Å². The van der Waals surface area contributed by atoms with Crippen molar-refractivity contribution in [3.8, 4) is 11.5 Å². The highest BCUT2D eigenvalue weighted by Gasteiger charge is 2.13. The molecule has 3 aromatic carbocycles. The van der Waals surface area contributed by atoms with Gasteiger partial charge in [0.1, 0.15) is 12.4 Å². The van der Waals surface area contributed by atoms with Crippen LogP contribution in [0.15, 0.2) is 60.7 Å². The van der Waals surface area contributed by atoms with Crippen molar-refractivity contribution in [1.29, 1.82) is 0 Å². The molecule has 0 aliphatic heterocycles.